The maximum atomic E-state index is 13.8. The van der Waals surface area contributed by atoms with Crippen LogP contribution >= 0.6 is 0 Å². The van der Waals surface area contributed by atoms with Gasteiger partial charge in [0.25, 0.3) is 0 Å². The SMILES string of the molecule is Cc1cc(CNc2ccc(C(=O)O)cc2F)cc(C)c1F. The van der Waals surface area contributed by atoms with Gasteiger partial charge >= 0.3 is 5.97 Å². The lowest BCUT2D eigenvalue weighted by Gasteiger charge is -2.10. The Morgan fingerprint density at radius 2 is 1.76 bits per heavy atom. The number of aromatic carboxylic acids is 1. The molecule has 0 unspecified atom stereocenters. The van der Waals surface area contributed by atoms with E-state index in [2.05, 4.69) is 5.32 Å². The molecule has 0 aliphatic heterocycles. The first kappa shape index (κ1) is 15.0. The van der Waals surface area contributed by atoms with Gasteiger partial charge in [0.1, 0.15) is 11.6 Å². The van der Waals surface area contributed by atoms with Crippen LogP contribution in [0.3, 0.4) is 0 Å². The van der Waals surface area contributed by atoms with E-state index in [1.807, 2.05) is 0 Å². The quantitative estimate of drug-likeness (QED) is 0.898. The zero-order valence-corrected chi connectivity index (χ0v) is 11.7. The van der Waals surface area contributed by atoms with Gasteiger partial charge in [0.05, 0.1) is 11.3 Å². The first-order chi connectivity index (χ1) is 9.88. The van der Waals surface area contributed by atoms with E-state index >= 15 is 0 Å². The van der Waals surface area contributed by atoms with Crippen molar-refractivity contribution in [2.75, 3.05) is 5.32 Å². The van der Waals surface area contributed by atoms with Crippen molar-refractivity contribution in [1.82, 2.24) is 0 Å². The van der Waals surface area contributed by atoms with E-state index in [-0.39, 0.29) is 17.1 Å². The number of carboxylic acids is 1. The summed E-state index contributed by atoms with van der Waals surface area (Å²) in [5.41, 5.74) is 2.00. The van der Waals surface area contributed by atoms with Crippen LogP contribution < -0.4 is 5.32 Å². The molecule has 0 heterocycles. The summed E-state index contributed by atoms with van der Waals surface area (Å²) in [6.07, 6.45) is 0. The van der Waals surface area contributed by atoms with Gasteiger partial charge in [-0.15, -0.1) is 0 Å². The molecule has 110 valence electrons. The summed E-state index contributed by atoms with van der Waals surface area (Å²) < 4.78 is 27.3. The Bertz CT molecular complexity index is 676. The molecular weight excluding hydrogens is 276 g/mol. The fourth-order valence-electron chi connectivity index (χ4n) is 2.13. The van der Waals surface area contributed by atoms with Gasteiger partial charge in [0.15, 0.2) is 0 Å². The van der Waals surface area contributed by atoms with Crippen molar-refractivity contribution in [3.05, 3.63) is 64.2 Å². The molecule has 0 aromatic heterocycles. The van der Waals surface area contributed by atoms with Crippen LogP contribution in [0.5, 0.6) is 0 Å². The Balaban J connectivity index is 2.15. The lowest BCUT2D eigenvalue weighted by atomic mass is 10.1. The molecule has 0 atom stereocenters. The number of rotatable bonds is 4. The fraction of sp³-hybridized carbons (Fsp3) is 0.188. The third-order valence-corrected chi connectivity index (χ3v) is 3.20. The second kappa shape index (κ2) is 5.91. The van der Waals surface area contributed by atoms with Crippen LogP contribution in [0.25, 0.3) is 0 Å². The molecule has 21 heavy (non-hydrogen) atoms. The summed E-state index contributed by atoms with van der Waals surface area (Å²) in [5.74, 6) is -2.05. The van der Waals surface area contributed by atoms with Crippen LogP contribution in [0.4, 0.5) is 14.5 Å². The molecule has 0 saturated carbocycles. The van der Waals surface area contributed by atoms with Gasteiger partial charge in [-0.2, -0.15) is 0 Å². The molecule has 0 aliphatic rings. The van der Waals surface area contributed by atoms with Crippen molar-refractivity contribution in [2.45, 2.75) is 20.4 Å². The molecule has 5 heteroatoms. The Hall–Kier alpha value is -2.43. The van der Waals surface area contributed by atoms with Crippen molar-refractivity contribution in [3.8, 4) is 0 Å². The van der Waals surface area contributed by atoms with Gasteiger partial charge in [0.2, 0.25) is 0 Å². The van der Waals surface area contributed by atoms with Gasteiger partial charge in [0, 0.05) is 6.54 Å². The molecule has 0 amide bonds. The zero-order chi connectivity index (χ0) is 15.6. The van der Waals surface area contributed by atoms with Gasteiger partial charge in [-0.25, -0.2) is 13.6 Å². The van der Waals surface area contributed by atoms with Crippen molar-refractivity contribution in [1.29, 1.82) is 0 Å². The number of halogens is 2. The van der Waals surface area contributed by atoms with Crippen LogP contribution in [0.15, 0.2) is 30.3 Å². The highest BCUT2D eigenvalue weighted by Crippen LogP contribution is 2.19. The van der Waals surface area contributed by atoms with Crippen LogP contribution in [0.1, 0.15) is 27.0 Å². The molecule has 0 fully saturated rings. The third kappa shape index (κ3) is 3.37. The second-order valence-electron chi connectivity index (χ2n) is 4.90. The number of carboxylic acid groups (broad SMARTS) is 1. The first-order valence-corrected chi connectivity index (χ1v) is 6.41. The highest BCUT2D eigenvalue weighted by molar-refractivity contribution is 5.88. The normalized spacial score (nSPS) is 10.5. The Morgan fingerprint density at radius 3 is 2.29 bits per heavy atom. The van der Waals surface area contributed by atoms with Gasteiger partial charge in [-0.3, -0.25) is 0 Å². The minimum atomic E-state index is -1.18. The summed E-state index contributed by atoms with van der Waals surface area (Å²) >= 11 is 0. The van der Waals surface area contributed by atoms with E-state index in [1.165, 1.54) is 12.1 Å². The molecule has 2 aromatic rings. The minimum absolute atomic E-state index is 0.105. The largest absolute Gasteiger partial charge is 0.478 e. The molecule has 2 rings (SSSR count). The molecule has 0 aliphatic carbocycles. The number of hydrogen-bond donors (Lipinski definition) is 2. The van der Waals surface area contributed by atoms with E-state index in [0.717, 1.165) is 11.6 Å². The lowest BCUT2D eigenvalue weighted by Crippen LogP contribution is -2.05. The summed E-state index contributed by atoms with van der Waals surface area (Å²) in [5, 5.41) is 11.7. The average molecular weight is 291 g/mol. The van der Waals surface area contributed by atoms with Crippen molar-refractivity contribution < 1.29 is 18.7 Å². The number of carbonyl (C=O) groups is 1. The lowest BCUT2D eigenvalue weighted by molar-refractivity contribution is 0.0696. The smallest absolute Gasteiger partial charge is 0.335 e. The van der Waals surface area contributed by atoms with E-state index in [9.17, 15) is 13.6 Å². The number of aryl methyl sites for hydroxylation is 2. The number of nitrogens with one attached hydrogen (secondary N) is 1. The Kier molecular flexibility index (Phi) is 4.21. The minimum Gasteiger partial charge on any atom is -0.478 e. The van der Waals surface area contributed by atoms with Crippen LogP contribution in [0, 0.1) is 25.5 Å². The monoisotopic (exact) mass is 291 g/mol. The molecular formula is C16H15F2NO2. The molecule has 0 saturated heterocycles. The topological polar surface area (TPSA) is 49.3 Å². The van der Waals surface area contributed by atoms with Crippen LogP contribution in [-0.2, 0) is 6.54 Å². The van der Waals surface area contributed by atoms with Gasteiger partial charge < -0.3 is 10.4 Å². The number of anilines is 1. The summed E-state index contributed by atoms with van der Waals surface area (Å²) in [6, 6.07) is 7.06. The highest BCUT2D eigenvalue weighted by atomic mass is 19.1. The molecule has 2 N–H and O–H groups in total. The molecule has 0 spiro atoms. The van der Waals surface area contributed by atoms with Gasteiger partial charge in [-0.1, -0.05) is 12.1 Å². The van der Waals surface area contributed by atoms with E-state index in [0.29, 0.717) is 17.7 Å². The zero-order valence-electron chi connectivity index (χ0n) is 11.7. The summed E-state index contributed by atoms with van der Waals surface area (Å²) in [6.45, 7) is 3.67. The first-order valence-electron chi connectivity index (χ1n) is 6.41. The van der Waals surface area contributed by atoms with Crippen molar-refractivity contribution >= 4 is 11.7 Å². The Labute approximate surface area is 121 Å². The van der Waals surface area contributed by atoms with Crippen LogP contribution in [-0.4, -0.2) is 11.1 Å². The number of benzene rings is 2. The molecule has 3 nitrogen and oxygen atoms in total. The maximum Gasteiger partial charge on any atom is 0.335 e. The fourth-order valence-corrected chi connectivity index (χ4v) is 2.13. The predicted octanol–water partition coefficient (Wildman–Crippen LogP) is 3.89. The predicted molar refractivity (Wildman–Crippen MR) is 76.6 cm³/mol. The maximum absolute atomic E-state index is 13.8. The average Bonchev–Trinajstić information content (AvgIpc) is 2.43. The molecule has 0 radical (unpaired) electrons. The van der Waals surface area contributed by atoms with E-state index < -0.39 is 11.8 Å². The molecule has 0 bridgehead atoms. The molecule has 2 aromatic carbocycles. The van der Waals surface area contributed by atoms with Crippen molar-refractivity contribution in [2.24, 2.45) is 0 Å². The van der Waals surface area contributed by atoms with Gasteiger partial charge in [-0.05, 0) is 48.7 Å². The van der Waals surface area contributed by atoms with Crippen LogP contribution in [0.2, 0.25) is 0 Å². The second-order valence-corrected chi connectivity index (χ2v) is 4.90. The van der Waals surface area contributed by atoms with E-state index in [4.69, 9.17) is 5.11 Å². The Morgan fingerprint density at radius 1 is 1.14 bits per heavy atom. The van der Waals surface area contributed by atoms with E-state index in [1.54, 1.807) is 26.0 Å². The highest BCUT2D eigenvalue weighted by Gasteiger charge is 2.09. The summed E-state index contributed by atoms with van der Waals surface area (Å²) in [7, 11) is 0. The standard InChI is InChI=1S/C16H15F2NO2/c1-9-5-11(6-10(2)15(9)18)8-19-14-4-3-12(16(20)21)7-13(14)17/h3-7,19H,8H2,1-2H3,(H,20,21). The summed E-state index contributed by atoms with van der Waals surface area (Å²) in [4.78, 5) is 10.7. The van der Waals surface area contributed by atoms with Crippen molar-refractivity contribution in [3.63, 3.8) is 0 Å². The third-order valence-electron chi connectivity index (χ3n) is 3.20. The number of hydrogen-bond acceptors (Lipinski definition) is 2.